The third-order valence-electron chi connectivity index (χ3n) is 3.43. The molecule has 0 spiro atoms. The number of esters is 4. The molecule has 0 aliphatic heterocycles. The van der Waals surface area contributed by atoms with Crippen molar-refractivity contribution in [2.75, 3.05) is 13.2 Å². The zero-order valence-corrected chi connectivity index (χ0v) is 17.4. The lowest BCUT2D eigenvalue weighted by molar-refractivity contribution is -0.398. The number of hydrogen-bond acceptors (Lipinski definition) is 10. The van der Waals surface area contributed by atoms with E-state index in [9.17, 15) is 29.4 Å². The van der Waals surface area contributed by atoms with Gasteiger partial charge in [-0.15, -0.1) is 0 Å². The van der Waals surface area contributed by atoms with Gasteiger partial charge in [-0.2, -0.15) is 0 Å². The third-order valence-corrected chi connectivity index (χ3v) is 3.43. The van der Waals surface area contributed by atoms with Gasteiger partial charge in [0.1, 0.15) is 0 Å². The third kappa shape index (κ3) is 6.13. The van der Waals surface area contributed by atoms with Crippen LogP contribution in [0.5, 0.6) is 0 Å². The van der Waals surface area contributed by atoms with Crippen molar-refractivity contribution in [1.29, 1.82) is 0 Å². The maximum absolute atomic E-state index is 12.3. The van der Waals surface area contributed by atoms with Crippen LogP contribution in [-0.2, 0) is 38.1 Å². The van der Waals surface area contributed by atoms with Crippen LogP contribution in [0.3, 0.4) is 0 Å². The Bertz CT molecular complexity index is 716. The number of rotatable bonds is 11. The summed E-state index contributed by atoms with van der Waals surface area (Å²) in [7, 11) is 0. The van der Waals surface area contributed by atoms with Crippen LogP contribution >= 0.6 is 0 Å². The molecule has 0 radical (unpaired) electrons. The maximum atomic E-state index is 12.3. The van der Waals surface area contributed by atoms with Crippen LogP contribution in [0.15, 0.2) is 48.6 Å². The maximum Gasteiger partial charge on any atom is 0.471 e. The lowest BCUT2D eigenvalue weighted by Gasteiger charge is -2.43. The highest BCUT2D eigenvalue weighted by Crippen LogP contribution is 2.36. The molecule has 30 heavy (non-hydrogen) atoms. The van der Waals surface area contributed by atoms with E-state index in [-0.39, 0.29) is 22.3 Å². The van der Waals surface area contributed by atoms with E-state index >= 15 is 0 Å². The minimum absolute atomic E-state index is 0.196. The van der Waals surface area contributed by atoms with Crippen molar-refractivity contribution in [3.8, 4) is 0 Å². The first-order chi connectivity index (χ1) is 13.7. The first-order valence-electron chi connectivity index (χ1n) is 8.45. The molecule has 0 amide bonds. The van der Waals surface area contributed by atoms with E-state index < -0.39 is 48.7 Å². The van der Waals surface area contributed by atoms with Crippen molar-refractivity contribution in [3.63, 3.8) is 0 Å². The summed E-state index contributed by atoms with van der Waals surface area (Å²) in [6.07, 6.45) is 0. The van der Waals surface area contributed by atoms with E-state index in [0.717, 1.165) is 0 Å². The van der Waals surface area contributed by atoms with E-state index in [4.69, 9.17) is 18.9 Å². The van der Waals surface area contributed by atoms with Crippen molar-refractivity contribution in [2.24, 2.45) is 0 Å². The zero-order valence-electron chi connectivity index (χ0n) is 17.4. The molecular weight excluding hydrogens is 400 g/mol. The Labute approximate surface area is 174 Å². The molecule has 0 atom stereocenters. The molecule has 0 saturated heterocycles. The van der Waals surface area contributed by atoms with Gasteiger partial charge in [0.2, 0.25) is 0 Å². The minimum atomic E-state index is -3.27. The largest absolute Gasteiger partial charge is 0.471 e. The second kappa shape index (κ2) is 10.5. The lowest BCUT2D eigenvalue weighted by atomic mass is 10.0. The van der Waals surface area contributed by atoms with Crippen molar-refractivity contribution >= 4 is 23.9 Å². The summed E-state index contributed by atoms with van der Waals surface area (Å²) in [5, 5.41) is 20.0. The summed E-state index contributed by atoms with van der Waals surface area (Å²) in [6, 6.07) is 0. The van der Waals surface area contributed by atoms with Crippen LogP contribution in [0.2, 0.25) is 0 Å². The van der Waals surface area contributed by atoms with Gasteiger partial charge >= 0.3 is 29.9 Å². The van der Waals surface area contributed by atoms with E-state index in [0.29, 0.717) is 0 Å². The second-order valence-corrected chi connectivity index (χ2v) is 6.55. The molecule has 0 aliphatic carbocycles. The monoisotopic (exact) mass is 426 g/mol. The fourth-order valence-corrected chi connectivity index (χ4v) is 1.60. The highest BCUT2D eigenvalue weighted by molar-refractivity contribution is 5.91. The summed E-state index contributed by atoms with van der Waals surface area (Å²) < 4.78 is 20.2. The summed E-state index contributed by atoms with van der Waals surface area (Å²) in [6.45, 7) is 15.7. The van der Waals surface area contributed by atoms with Crippen molar-refractivity contribution < 1.29 is 48.3 Å². The van der Waals surface area contributed by atoms with E-state index in [1.807, 2.05) is 0 Å². The number of aliphatic hydroxyl groups is 2. The summed E-state index contributed by atoms with van der Waals surface area (Å²) >= 11 is 0. The normalized spacial score (nSPS) is 11.0. The molecule has 0 rings (SSSR count). The molecule has 0 fully saturated rings. The van der Waals surface area contributed by atoms with E-state index in [1.54, 1.807) is 0 Å². The topological polar surface area (TPSA) is 146 Å². The Morgan fingerprint density at radius 1 is 0.600 bits per heavy atom. The van der Waals surface area contributed by atoms with Gasteiger partial charge < -0.3 is 29.2 Å². The van der Waals surface area contributed by atoms with Gasteiger partial charge in [0.05, 0.1) is 13.2 Å². The Kier molecular flexibility index (Phi) is 9.38. The summed E-state index contributed by atoms with van der Waals surface area (Å²) in [5.41, 5.74) is -3.72. The van der Waals surface area contributed by atoms with Gasteiger partial charge in [0, 0.05) is 22.3 Å². The van der Waals surface area contributed by atoms with Crippen LogP contribution in [0, 0.1) is 0 Å². The predicted molar refractivity (Wildman–Crippen MR) is 103 cm³/mol. The molecule has 0 unspecified atom stereocenters. The molecule has 0 aromatic heterocycles. The standard InChI is InChI=1S/C20H26O10/c1-11(2)15(23)27-19(9-21,10-22)20(28-16(24)12(3)4,29-17(25)13(5)6)30-18(26)14(7)8/h21-22H,1,3,5,7,9-10H2,2,4,6,8H3. The SMILES string of the molecule is C=C(C)C(=O)OC(CO)(CO)C(OC(=O)C(=C)C)(OC(=O)C(=C)C)OC(=O)C(=C)C. The smallest absolute Gasteiger partial charge is 0.438 e. The van der Waals surface area contributed by atoms with Crippen LogP contribution in [0.25, 0.3) is 0 Å². The molecule has 0 aromatic rings. The van der Waals surface area contributed by atoms with Gasteiger partial charge in [0.25, 0.3) is 5.60 Å². The lowest BCUT2D eigenvalue weighted by Crippen LogP contribution is -2.67. The average Bonchev–Trinajstić information content (AvgIpc) is 2.64. The van der Waals surface area contributed by atoms with Crippen molar-refractivity contribution in [1.82, 2.24) is 0 Å². The fraction of sp³-hybridized carbons (Fsp3) is 0.400. The predicted octanol–water partition coefficient (Wildman–Crippen LogP) is 0.841. The van der Waals surface area contributed by atoms with E-state index in [2.05, 4.69) is 26.3 Å². The molecule has 0 heterocycles. The van der Waals surface area contributed by atoms with E-state index in [1.165, 1.54) is 27.7 Å². The zero-order chi connectivity index (χ0) is 23.9. The number of carbonyl (C=O) groups is 4. The molecule has 2 N–H and O–H groups in total. The minimum Gasteiger partial charge on any atom is -0.438 e. The summed E-state index contributed by atoms with van der Waals surface area (Å²) in [4.78, 5) is 49.0. The van der Waals surface area contributed by atoms with Crippen LogP contribution in [0.4, 0.5) is 0 Å². The molecule has 0 aliphatic rings. The molecule has 166 valence electrons. The fourth-order valence-electron chi connectivity index (χ4n) is 1.60. The van der Waals surface area contributed by atoms with Crippen LogP contribution in [0.1, 0.15) is 27.7 Å². The Morgan fingerprint density at radius 3 is 1.03 bits per heavy atom. The Balaban J connectivity index is 6.97. The summed E-state index contributed by atoms with van der Waals surface area (Å²) in [5.74, 6) is -8.26. The van der Waals surface area contributed by atoms with Crippen molar-refractivity contribution in [3.05, 3.63) is 48.6 Å². The first-order valence-corrected chi connectivity index (χ1v) is 8.45. The number of carbonyl (C=O) groups excluding carboxylic acids is 4. The number of hydrogen-bond donors (Lipinski definition) is 2. The quantitative estimate of drug-likeness (QED) is 0.277. The van der Waals surface area contributed by atoms with Gasteiger partial charge in [-0.3, -0.25) is 0 Å². The molecular formula is C20H26O10. The first kappa shape index (κ1) is 26.8. The highest BCUT2D eigenvalue weighted by Gasteiger charge is 2.66. The van der Waals surface area contributed by atoms with Gasteiger partial charge in [0.15, 0.2) is 0 Å². The highest BCUT2D eigenvalue weighted by atomic mass is 16.9. The Hall–Kier alpha value is -3.24. The Morgan fingerprint density at radius 2 is 0.833 bits per heavy atom. The average molecular weight is 426 g/mol. The van der Waals surface area contributed by atoms with Crippen molar-refractivity contribution in [2.45, 2.75) is 39.3 Å². The van der Waals surface area contributed by atoms with Gasteiger partial charge in [-0.05, 0) is 27.7 Å². The van der Waals surface area contributed by atoms with Gasteiger partial charge in [-0.1, -0.05) is 26.3 Å². The number of ether oxygens (including phenoxy) is 4. The molecule has 10 nitrogen and oxygen atoms in total. The molecule has 0 bridgehead atoms. The van der Waals surface area contributed by atoms with Crippen LogP contribution < -0.4 is 0 Å². The molecule has 10 heteroatoms. The number of aliphatic hydroxyl groups excluding tert-OH is 2. The second-order valence-electron chi connectivity index (χ2n) is 6.55. The molecule has 0 saturated carbocycles. The van der Waals surface area contributed by atoms with Gasteiger partial charge in [-0.25, -0.2) is 19.2 Å². The molecule has 0 aromatic carbocycles. The van der Waals surface area contributed by atoms with Crippen LogP contribution in [-0.4, -0.2) is 58.9 Å².